The molecule has 3 rings (SSSR count). The quantitative estimate of drug-likeness (QED) is 0.728. The largest absolute Gasteiger partial charge is 0.348 e. The molecule has 1 N–H and O–H groups in total. The van der Waals surface area contributed by atoms with Gasteiger partial charge < -0.3 is 9.88 Å². The van der Waals surface area contributed by atoms with Crippen molar-refractivity contribution in [2.24, 2.45) is 0 Å². The Morgan fingerprint density at radius 3 is 2.40 bits per heavy atom. The zero-order valence-corrected chi connectivity index (χ0v) is 14.2. The molecule has 4 nitrogen and oxygen atoms in total. The average molecular weight is 332 g/mol. The van der Waals surface area contributed by atoms with Crippen LogP contribution in [0.3, 0.4) is 0 Å². The van der Waals surface area contributed by atoms with E-state index < -0.39 is 0 Å². The molecule has 2 aromatic carbocycles. The number of hydrogen-bond donors (Lipinski definition) is 1. The lowest BCUT2D eigenvalue weighted by molar-refractivity contribution is 0.0951. The number of hydrogen-bond acceptors (Lipinski definition) is 2. The Morgan fingerprint density at radius 1 is 1.08 bits per heavy atom. The molecule has 1 amide bonds. The highest BCUT2D eigenvalue weighted by atomic mass is 16.2. The summed E-state index contributed by atoms with van der Waals surface area (Å²) in [6.07, 6.45) is 1.66. The van der Waals surface area contributed by atoms with E-state index in [2.05, 4.69) is 11.9 Å². The van der Waals surface area contributed by atoms with Crippen LogP contribution >= 0.6 is 0 Å². The number of fused-ring (bicyclic) bond motifs is 1. The number of carbonyl (C=O) groups excluding carboxylic acids is 1. The molecule has 25 heavy (non-hydrogen) atoms. The lowest BCUT2D eigenvalue weighted by Gasteiger charge is -2.16. The number of benzene rings is 2. The van der Waals surface area contributed by atoms with E-state index in [0.717, 1.165) is 5.56 Å². The summed E-state index contributed by atoms with van der Waals surface area (Å²) in [5.41, 5.74) is 2.10. The SMILES string of the molecule is C=CCn1c(C)c(C(=O)NCc2ccccc2)c2ccccc2c1=O. The van der Waals surface area contributed by atoms with Crippen LogP contribution in [0.1, 0.15) is 21.6 Å². The van der Waals surface area contributed by atoms with Gasteiger partial charge in [0, 0.05) is 29.6 Å². The molecule has 0 fully saturated rings. The predicted octanol–water partition coefficient (Wildman–Crippen LogP) is 3.43. The van der Waals surface area contributed by atoms with Crippen LogP contribution < -0.4 is 10.9 Å². The van der Waals surface area contributed by atoms with E-state index in [1.54, 1.807) is 23.6 Å². The fourth-order valence-corrected chi connectivity index (χ4v) is 3.02. The summed E-state index contributed by atoms with van der Waals surface area (Å²) >= 11 is 0. The molecule has 1 aromatic heterocycles. The van der Waals surface area contributed by atoms with Gasteiger partial charge in [-0.15, -0.1) is 6.58 Å². The van der Waals surface area contributed by atoms with E-state index in [-0.39, 0.29) is 11.5 Å². The molecule has 0 saturated carbocycles. The van der Waals surface area contributed by atoms with Gasteiger partial charge in [-0.2, -0.15) is 0 Å². The number of carbonyl (C=O) groups is 1. The van der Waals surface area contributed by atoms with E-state index in [1.807, 2.05) is 48.5 Å². The molecule has 0 radical (unpaired) electrons. The maximum absolute atomic E-state index is 12.9. The third kappa shape index (κ3) is 3.24. The Labute approximate surface area is 146 Å². The van der Waals surface area contributed by atoms with Crippen LogP contribution in [0.15, 0.2) is 72.0 Å². The van der Waals surface area contributed by atoms with Crippen molar-refractivity contribution in [1.82, 2.24) is 9.88 Å². The van der Waals surface area contributed by atoms with Crippen LogP contribution in [0, 0.1) is 6.92 Å². The van der Waals surface area contributed by atoms with Crippen LogP contribution in [0.5, 0.6) is 0 Å². The summed E-state index contributed by atoms with van der Waals surface area (Å²) in [6.45, 7) is 6.32. The van der Waals surface area contributed by atoms with Crippen molar-refractivity contribution in [3.8, 4) is 0 Å². The molecule has 0 saturated heterocycles. The lowest BCUT2D eigenvalue weighted by atomic mass is 10.0. The molecule has 3 aromatic rings. The maximum atomic E-state index is 12.9. The van der Waals surface area contributed by atoms with Crippen LogP contribution in [-0.2, 0) is 13.1 Å². The summed E-state index contributed by atoms with van der Waals surface area (Å²) < 4.78 is 1.59. The molecule has 0 unspecified atom stereocenters. The minimum atomic E-state index is -0.185. The minimum absolute atomic E-state index is 0.104. The normalized spacial score (nSPS) is 10.6. The first-order valence-electron chi connectivity index (χ1n) is 8.18. The Morgan fingerprint density at radius 2 is 1.72 bits per heavy atom. The summed E-state index contributed by atoms with van der Waals surface area (Å²) in [6, 6.07) is 17.0. The molecule has 0 spiro atoms. The van der Waals surface area contributed by atoms with Crippen molar-refractivity contribution < 1.29 is 4.79 Å². The second-order valence-corrected chi connectivity index (χ2v) is 5.88. The van der Waals surface area contributed by atoms with Crippen molar-refractivity contribution in [2.75, 3.05) is 0 Å². The molecule has 4 heteroatoms. The van der Waals surface area contributed by atoms with Crippen molar-refractivity contribution in [3.05, 3.63) is 94.4 Å². The standard InChI is InChI=1S/C21H20N2O2/c1-3-13-23-15(2)19(17-11-7-8-12-18(17)21(23)25)20(24)22-14-16-9-5-4-6-10-16/h3-12H,1,13-14H2,2H3,(H,22,24). The molecule has 0 aliphatic carbocycles. The molecule has 126 valence electrons. The van der Waals surface area contributed by atoms with Crippen LogP contribution in [0.25, 0.3) is 10.8 Å². The van der Waals surface area contributed by atoms with Crippen molar-refractivity contribution in [1.29, 1.82) is 0 Å². The molecular formula is C21H20N2O2. The minimum Gasteiger partial charge on any atom is -0.348 e. The summed E-state index contributed by atoms with van der Waals surface area (Å²) in [5, 5.41) is 4.18. The smallest absolute Gasteiger partial charge is 0.258 e. The van der Waals surface area contributed by atoms with Crippen molar-refractivity contribution in [3.63, 3.8) is 0 Å². The molecule has 1 heterocycles. The molecule has 0 aliphatic rings. The first-order chi connectivity index (χ1) is 12.1. The van der Waals surface area contributed by atoms with Gasteiger partial charge in [0.05, 0.1) is 5.56 Å². The van der Waals surface area contributed by atoms with Crippen molar-refractivity contribution in [2.45, 2.75) is 20.0 Å². The topological polar surface area (TPSA) is 51.1 Å². The maximum Gasteiger partial charge on any atom is 0.258 e. The molecule has 0 atom stereocenters. The zero-order valence-electron chi connectivity index (χ0n) is 14.2. The van der Waals surface area contributed by atoms with E-state index in [9.17, 15) is 9.59 Å². The monoisotopic (exact) mass is 332 g/mol. The number of rotatable bonds is 5. The Bertz CT molecular complexity index is 988. The highest BCUT2D eigenvalue weighted by molar-refractivity contribution is 6.07. The second kappa shape index (κ2) is 7.18. The average Bonchev–Trinajstić information content (AvgIpc) is 2.64. The molecular weight excluding hydrogens is 312 g/mol. The fraction of sp³-hybridized carbons (Fsp3) is 0.143. The first kappa shape index (κ1) is 16.7. The third-order valence-electron chi connectivity index (χ3n) is 4.27. The highest BCUT2D eigenvalue weighted by Gasteiger charge is 2.18. The van der Waals surface area contributed by atoms with Crippen LogP contribution in [-0.4, -0.2) is 10.5 Å². The van der Waals surface area contributed by atoms with Crippen molar-refractivity contribution >= 4 is 16.7 Å². The van der Waals surface area contributed by atoms with Gasteiger partial charge in [-0.1, -0.05) is 54.6 Å². The van der Waals surface area contributed by atoms with Gasteiger partial charge in [0.15, 0.2) is 0 Å². The number of nitrogens with one attached hydrogen (secondary N) is 1. The van der Waals surface area contributed by atoms with E-state index >= 15 is 0 Å². The van der Waals surface area contributed by atoms with E-state index in [0.29, 0.717) is 35.1 Å². The fourth-order valence-electron chi connectivity index (χ4n) is 3.02. The summed E-state index contributed by atoms with van der Waals surface area (Å²) in [5.74, 6) is -0.185. The van der Waals surface area contributed by atoms with Gasteiger partial charge in [-0.25, -0.2) is 0 Å². The highest BCUT2D eigenvalue weighted by Crippen LogP contribution is 2.19. The van der Waals surface area contributed by atoms with Gasteiger partial charge in [-0.3, -0.25) is 9.59 Å². The Hall–Kier alpha value is -3.14. The number of nitrogens with zero attached hydrogens (tertiary/aromatic N) is 1. The van der Waals surface area contributed by atoms with Gasteiger partial charge in [0.25, 0.3) is 11.5 Å². The number of allylic oxidation sites excluding steroid dienone is 1. The first-order valence-corrected chi connectivity index (χ1v) is 8.18. The zero-order chi connectivity index (χ0) is 17.8. The van der Waals surface area contributed by atoms with Gasteiger partial charge >= 0.3 is 0 Å². The number of aromatic nitrogens is 1. The third-order valence-corrected chi connectivity index (χ3v) is 4.27. The predicted molar refractivity (Wildman–Crippen MR) is 101 cm³/mol. The van der Waals surface area contributed by atoms with E-state index in [4.69, 9.17) is 0 Å². The number of amides is 1. The number of pyridine rings is 1. The summed E-state index contributed by atoms with van der Waals surface area (Å²) in [4.78, 5) is 25.5. The van der Waals surface area contributed by atoms with Gasteiger partial charge in [-0.05, 0) is 18.6 Å². The van der Waals surface area contributed by atoms with Crippen LogP contribution in [0.4, 0.5) is 0 Å². The summed E-state index contributed by atoms with van der Waals surface area (Å²) in [7, 11) is 0. The van der Waals surface area contributed by atoms with Crippen LogP contribution in [0.2, 0.25) is 0 Å². The Kier molecular flexibility index (Phi) is 4.80. The van der Waals surface area contributed by atoms with E-state index in [1.165, 1.54) is 0 Å². The van der Waals surface area contributed by atoms with Gasteiger partial charge in [0.1, 0.15) is 0 Å². The lowest BCUT2D eigenvalue weighted by Crippen LogP contribution is -2.30. The molecule has 0 bridgehead atoms. The molecule has 0 aliphatic heterocycles. The second-order valence-electron chi connectivity index (χ2n) is 5.88. The Balaban J connectivity index is 2.06. The van der Waals surface area contributed by atoms with Gasteiger partial charge in [0.2, 0.25) is 0 Å².